The average Bonchev–Trinajstić information content (AvgIpc) is 3.23. The second kappa shape index (κ2) is 9.79. The van der Waals surface area contributed by atoms with Crippen LogP contribution < -0.4 is 9.46 Å². The molecular weight excluding hydrogens is 466 g/mol. The highest BCUT2D eigenvalue weighted by Gasteiger charge is 2.28. The molecule has 1 aliphatic rings. The monoisotopic (exact) mass is 491 g/mol. The molecule has 3 aromatic rings. The van der Waals surface area contributed by atoms with E-state index >= 15 is 0 Å². The van der Waals surface area contributed by atoms with Crippen molar-refractivity contribution in [2.75, 3.05) is 17.8 Å². The van der Waals surface area contributed by atoms with Crippen LogP contribution >= 0.6 is 22.9 Å². The number of aryl methyl sites for hydroxylation is 1. The maximum absolute atomic E-state index is 12.6. The Hall–Kier alpha value is -2.13. The summed E-state index contributed by atoms with van der Waals surface area (Å²) in [7, 11) is -3.76. The van der Waals surface area contributed by atoms with Gasteiger partial charge in [0, 0.05) is 37.1 Å². The van der Waals surface area contributed by atoms with E-state index in [0.29, 0.717) is 16.8 Å². The third kappa shape index (κ3) is 5.61. The fourth-order valence-corrected chi connectivity index (χ4v) is 6.06. The molecule has 0 spiro atoms. The minimum Gasteiger partial charge on any atom is -0.488 e. The maximum atomic E-state index is 12.6. The second-order valence-electron chi connectivity index (χ2n) is 8.18. The van der Waals surface area contributed by atoms with E-state index in [0.717, 1.165) is 26.1 Å². The summed E-state index contributed by atoms with van der Waals surface area (Å²) in [5, 5.41) is 2.30. The van der Waals surface area contributed by atoms with Gasteiger partial charge in [-0.25, -0.2) is 13.4 Å². The minimum absolute atomic E-state index is 0.0251. The molecule has 1 unspecified atom stereocenters. The molecule has 0 amide bonds. The van der Waals surface area contributed by atoms with Crippen molar-refractivity contribution in [1.82, 2.24) is 9.88 Å². The predicted molar refractivity (Wildman–Crippen MR) is 129 cm³/mol. The summed E-state index contributed by atoms with van der Waals surface area (Å²) < 4.78 is 33.8. The highest BCUT2D eigenvalue weighted by molar-refractivity contribution is 7.93. The van der Waals surface area contributed by atoms with Gasteiger partial charge in [-0.3, -0.25) is 9.62 Å². The molecule has 1 N–H and O–H groups in total. The van der Waals surface area contributed by atoms with Crippen LogP contribution in [-0.2, 0) is 16.6 Å². The molecule has 9 heteroatoms. The molecule has 0 radical (unpaired) electrons. The van der Waals surface area contributed by atoms with Crippen LogP contribution in [0.1, 0.15) is 24.5 Å². The molecule has 0 bridgehead atoms. The van der Waals surface area contributed by atoms with E-state index in [-0.39, 0.29) is 16.0 Å². The molecule has 1 fully saturated rings. The largest absolute Gasteiger partial charge is 0.488 e. The first-order valence-electron chi connectivity index (χ1n) is 10.5. The zero-order valence-electron chi connectivity index (χ0n) is 18.0. The number of aromatic nitrogens is 1. The number of hydrogen-bond donors (Lipinski definition) is 1. The second-order valence-corrected chi connectivity index (χ2v) is 11.2. The molecule has 6 nitrogen and oxygen atoms in total. The average molecular weight is 492 g/mol. The molecule has 1 saturated heterocycles. The minimum atomic E-state index is -3.76. The molecule has 0 saturated carbocycles. The quantitative estimate of drug-likeness (QED) is 0.492. The van der Waals surface area contributed by atoms with E-state index in [1.807, 2.05) is 0 Å². The molecular formula is C23H26ClN3O3S2. The zero-order valence-corrected chi connectivity index (χ0v) is 20.4. The summed E-state index contributed by atoms with van der Waals surface area (Å²) in [6, 6.07) is 13.2. The zero-order chi connectivity index (χ0) is 22.7. The topological polar surface area (TPSA) is 71.5 Å². The van der Waals surface area contributed by atoms with Crippen molar-refractivity contribution in [3.63, 3.8) is 0 Å². The molecule has 2 atom stereocenters. The molecule has 170 valence electrons. The van der Waals surface area contributed by atoms with Crippen LogP contribution in [0.5, 0.6) is 5.75 Å². The van der Waals surface area contributed by atoms with Crippen LogP contribution in [0.15, 0.2) is 58.9 Å². The van der Waals surface area contributed by atoms with Gasteiger partial charge >= 0.3 is 0 Å². The number of nitrogens with one attached hydrogen (secondary N) is 1. The van der Waals surface area contributed by atoms with E-state index in [9.17, 15) is 8.42 Å². The number of likely N-dealkylation sites (tertiary alicyclic amines) is 1. The molecule has 2 aromatic carbocycles. The molecule has 2 heterocycles. The normalized spacial score (nSPS) is 19.6. The lowest BCUT2D eigenvalue weighted by Crippen LogP contribution is -2.44. The van der Waals surface area contributed by atoms with E-state index < -0.39 is 10.0 Å². The first kappa shape index (κ1) is 23.0. The summed E-state index contributed by atoms with van der Waals surface area (Å²) in [5.41, 5.74) is 2.60. The summed E-state index contributed by atoms with van der Waals surface area (Å²) in [6.45, 7) is 7.09. The third-order valence-electron chi connectivity index (χ3n) is 5.55. The van der Waals surface area contributed by atoms with Crippen molar-refractivity contribution < 1.29 is 13.2 Å². The van der Waals surface area contributed by atoms with Gasteiger partial charge in [-0.2, -0.15) is 0 Å². The van der Waals surface area contributed by atoms with Crippen LogP contribution in [-0.4, -0.2) is 37.5 Å². The smallest absolute Gasteiger partial charge is 0.263 e. The van der Waals surface area contributed by atoms with Crippen LogP contribution in [0.2, 0.25) is 5.02 Å². The molecule has 0 aliphatic carbocycles. The van der Waals surface area contributed by atoms with Crippen LogP contribution in [0.25, 0.3) is 0 Å². The number of ether oxygens (including phenoxy) is 1. The Bertz CT molecular complexity index is 1170. The van der Waals surface area contributed by atoms with Gasteiger partial charge in [0.1, 0.15) is 11.9 Å². The number of sulfonamides is 1. The Kier molecular flexibility index (Phi) is 7.05. The number of halogens is 1. The lowest BCUT2D eigenvalue weighted by molar-refractivity contribution is 0.0490. The van der Waals surface area contributed by atoms with E-state index in [1.54, 1.807) is 17.6 Å². The van der Waals surface area contributed by atoms with Crippen molar-refractivity contribution in [2.24, 2.45) is 5.92 Å². The van der Waals surface area contributed by atoms with Gasteiger partial charge in [-0.05, 0) is 37.1 Å². The van der Waals surface area contributed by atoms with Gasteiger partial charge in [-0.15, -0.1) is 11.3 Å². The Morgan fingerprint density at radius 2 is 2.12 bits per heavy atom. The number of hydrogen-bond acceptors (Lipinski definition) is 6. The summed E-state index contributed by atoms with van der Waals surface area (Å²) in [6.07, 6.45) is 2.45. The van der Waals surface area contributed by atoms with Crippen molar-refractivity contribution in [3.05, 3.63) is 70.2 Å². The Morgan fingerprint density at radius 1 is 1.28 bits per heavy atom. The Labute approximate surface area is 198 Å². The van der Waals surface area contributed by atoms with Crippen molar-refractivity contribution >= 4 is 38.1 Å². The fourth-order valence-electron chi connectivity index (χ4n) is 3.95. The summed E-state index contributed by atoms with van der Waals surface area (Å²) in [5.74, 6) is 0.823. The van der Waals surface area contributed by atoms with Crippen LogP contribution in [0.3, 0.4) is 0 Å². The maximum Gasteiger partial charge on any atom is 0.263 e. The summed E-state index contributed by atoms with van der Waals surface area (Å²) in [4.78, 5) is 6.48. The van der Waals surface area contributed by atoms with Gasteiger partial charge in [0.25, 0.3) is 10.0 Å². The van der Waals surface area contributed by atoms with Crippen LogP contribution in [0.4, 0.5) is 5.13 Å². The molecule has 1 aliphatic heterocycles. The third-order valence-corrected chi connectivity index (χ3v) is 8.00. The lowest BCUT2D eigenvalue weighted by atomic mass is 9.96. The van der Waals surface area contributed by atoms with E-state index in [2.05, 4.69) is 52.7 Å². The van der Waals surface area contributed by atoms with Crippen molar-refractivity contribution in [1.29, 1.82) is 0 Å². The van der Waals surface area contributed by atoms with Gasteiger partial charge in [-0.1, -0.05) is 48.4 Å². The SMILES string of the molecule is Cc1cccc(CN2CCC(Oc3ccc(S(=O)(=O)Nc4nccs4)cc3Cl)[C@@H](C)C2)c1. The van der Waals surface area contributed by atoms with E-state index in [4.69, 9.17) is 16.3 Å². The molecule has 1 aromatic heterocycles. The van der Waals surface area contributed by atoms with Crippen molar-refractivity contribution in [2.45, 2.75) is 37.8 Å². The number of benzene rings is 2. The first-order chi connectivity index (χ1) is 15.3. The highest BCUT2D eigenvalue weighted by Crippen LogP contribution is 2.32. The molecule has 4 rings (SSSR count). The first-order valence-corrected chi connectivity index (χ1v) is 13.2. The predicted octanol–water partition coefficient (Wildman–Crippen LogP) is 5.20. The van der Waals surface area contributed by atoms with E-state index in [1.165, 1.54) is 34.6 Å². The number of rotatable bonds is 7. The van der Waals surface area contributed by atoms with Gasteiger partial charge < -0.3 is 4.74 Å². The van der Waals surface area contributed by atoms with Crippen LogP contribution in [0, 0.1) is 12.8 Å². The number of nitrogens with zero attached hydrogens (tertiary/aromatic N) is 2. The highest BCUT2D eigenvalue weighted by atomic mass is 35.5. The standard InChI is InChI=1S/C23H26ClN3O3S2/c1-16-4-3-5-18(12-16)15-27-10-8-21(17(2)14-27)30-22-7-6-19(13-20(22)24)32(28,29)26-23-25-9-11-31-23/h3-7,9,11-13,17,21H,8,10,14-15H2,1-2H3,(H,25,26)/t17-,21?/m0/s1. The Morgan fingerprint density at radius 3 is 2.81 bits per heavy atom. The molecule has 32 heavy (non-hydrogen) atoms. The van der Waals surface area contributed by atoms with Gasteiger partial charge in [0.2, 0.25) is 0 Å². The number of anilines is 1. The number of thiazole rings is 1. The van der Waals surface area contributed by atoms with Gasteiger partial charge in [0.15, 0.2) is 5.13 Å². The summed E-state index contributed by atoms with van der Waals surface area (Å²) >= 11 is 7.61. The number of piperidine rings is 1. The van der Waals surface area contributed by atoms with Gasteiger partial charge in [0.05, 0.1) is 9.92 Å². The Balaban J connectivity index is 1.38. The fraction of sp³-hybridized carbons (Fsp3) is 0.348. The lowest BCUT2D eigenvalue weighted by Gasteiger charge is -2.37. The van der Waals surface area contributed by atoms with Crippen molar-refractivity contribution in [3.8, 4) is 5.75 Å².